The fourth-order valence-corrected chi connectivity index (χ4v) is 7.88. The molecule has 2 unspecified atom stereocenters. The molecule has 334 valence electrons. The molecule has 3 N–H and O–H groups in total. The lowest BCUT2D eigenvalue weighted by Gasteiger charge is -2.20. The van der Waals surface area contributed by atoms with E-state index in [1.807, 2.05) is 0 Å². The number of ether oxygens (including phenoxy) is 2. The maximum Gasteiger partial charge on any atom is 0.472 e. The molecule has 0 aliphatic rings. The molecule has 9 heteroatoms. The third-order valence-electron chi connectivity index (χ3n) is 10.7. The Labute approximate surface area is 347 Å². The van der Waals surface area contributed by atoms with Crippen LogP contribution in [0.3, 0.4) is 0 Å². The quantitative estimate of drug-likeness (QED) is 0.0270. The molecule has 56 heavy (non-hydrogen) atoms. The predicted molar refractivity (Wildman–Crippen MR) is 238 cm³/mol. The molecule has 2 atom stereocenters. The molecule has 8 nitrogen and oxygen atoms in total. The summed E-state index contributed by atoms with van der Waals surface area (Å²) in [6, 6.07) is 0. The van der Waals surface area contributed by atoms with Gasteiger partial charge in [-0.3, -0.25) is 13.8 Å². The third kappa shape index (κ3) is 44.3. The fraction of sp³-hybridized carbons (Fsp3) is 0.936. The van der Waals surface area contributed by atoms with Crippen LogP contribution in [0.25, 0.3) is 0 Å². The van der Waals surface area contributed by atoms with Crippen molar-refractivity contribution < 1.29 is 32.8 Å². The van der Waals surface area contributed by atoms with Gasteiger partial charge in [0.15, 0.2) is 0 Å². The standard InChI is InChI=1S/C47H94NO7P/c1-3-5-7-9-11-13-15-17-18-19-20-21-22-23-24-25-26-27-29-31-33-35-37-39-42-52-44-46(45-54-56(50,51)53-43-41-48)55-47(49)40-38-36-34-32-30-28-16-14-12-10-8-6-4-2/h19-20,46H,3-18,21-45,48H2,1-2H3,(H,50,51)/b20-19-. The van der Waals surface area contributed by atoms with Crippen LogP contribution in [0.4, 0.5) is 0 Å². The van der Waals surface area contributed by atoms with E-state index in [0.717, 1.165) is 32.1 Å². The van der Waals surface area contributed by atoms with Gasteiger partial charge in [-0.1, -0.05) is 212 Å². The number of hydrogen-bond donors (Lipinski definition) is 2. The molecule has 0 aromatic heterocycles. The van der Waals surface area contributed by atoms with Crippen molar-refractivity contribution in [3.05, 3.63) is 12.2 Å². The van der Waals surface area contributed by atoms with Crippen LogP contribution in [0.2, 0.25) is 0 Å². The van der Waals surface area contributed by atoms with Gasteiger partial charge in [-0.25, -0.2) is 4.57 Å². The summed E-state index contributed by atoms with van der Waals surface area (Å²) in [5.41, 5.74) is 5.38. The zero-order valence-electron chi connectivity index (χ0n) is 37.1. The summed E-state index contributed by atoms with van der Waals surface area (Å²) in [5.74, 6) is -0.326. The van der Waals surface area contributed by atoms with E-state index in [9.17, 15) is 14.3 Å². The summed E-state index contributed by atoms with van der Waals surface area (Å²) in [6.45, 7) is 4.97. The van der Waals surface area contributed by atoms with E-state index in [-0.39, 0.29) is 32.3 Å². The summed E-state index contributed by atoms with van der Waals surface area (Å²) < 4.78 is 33.5. The Morgan fingerprint density at radius 1 is 0.518 bits per heavy atom. The highest BCUT2D eigenvalue weighted by atomic mass is 31.2. The lowest BCUT2D eigenvalue weighted by atomic mass is 10.0. The largest absolute Gasteiger partial charge is 0.472 e. The first kappa shape index (κ1) is 55.2. The van der Waals surface area contributed by atoms with Gasteiger partial charge in [0.2, 0.25) is 0 Å². The van der Waals surface area contributed by atoms with Gasteiger partial charge in [0.05, 0.1) is 19.8 Å². The van der Waals surface area contributed by atoms with Gasteiger partial charge in [-0.15, -0.1) is 0 Å². The van der Waals surface area contributed by atoms with Crippen molar-refractivity contribution in [1.29, 1.82) is 0 Å². The van der Waals surface area contributed by atoms with Crippen molar-refractivity contribution in [3.63, 3.8) is 0 Å². The minimum absolute atomic E-state index is 0.0918. The number of esters is 1. The van der Waals surface area contributed by atoms with Crippen LogP contribution in [0.15, 0.2) is 12.2 Å². The molecule has 0 rings (SSSR count). The number of carbonyl (C=O) groups is 1. The van der Waals surface area contributed by atoms with Gasteiger partial charge in [-0.2, -0.15) is 0 Å². The average molecular weight is 816 g/mol. The molecule has 0 amide bonds. The van der Waals surface area contributed by atoms with Crippen molar-refractivity contribution in [1.82, 2.24) is 0 Å². The van der Waals surface area contributed by atoms with Gasteiger partial charge < -0.3 is 20.1 Å². The van der Waals surface area contributed by atoms with Crippen LogP contribution in [-0.4, -0.2) is 49.9 Å². The molecule has 0 aromatic carbocycles. The highest BCUT2D eigenvalue weighted by Gasteiger charge is 2.25. The molecule has 0 spiro atoms. The Morgan fingerprint density at radius 2 is 0.893 bits per heavy atom. The zero-order chi connectivity index (χ0) is 40.9. The summed E-state index contributed by atoms with van der Waals surface area (Å²) in [5, 5.41) is 0. The Morgan fingerprint density at radius 3 is 1.30 bits per heavy atom. The molecular formula is C47H94NO7P. The van der Waals surface area contributed by atoms with E-state index in [1.165, 1.54) is 193 Å². The lowest BCUT2D eigenvalue weighted by Crippen LogP contribution is -2.28. The first-order valence-corrected chi connectivity index (χ1v) is 25.7. The van der Waals surface area contributed by atoms with Crippen LogP contribution in [0.5, 0.6) is 0 Å². The van der Waals surface area contributed by atoms with Gasteiger partial charge in [-0.05, 0) is 38.5 Å². The Balaban J connectivity index is 3.87. The topological polar surface area (TPSA) is 117 Å². The van der Waals surface area contributed by atoms with Crippen LogP contribution in [0.1, 0.15) is 245 Å². The van der Waals surface area contributed by atoms with Gasteiger partial charge >= 0.3 is 13.8 Å². The minimum Gasteiger partial charge on any atom is -0.457 e. The van der Waals surface area contributed by atoms with E-state index >= 15 is 0 Å². The number of phosphoric ester groups is 1. The molecule has 0 fully saturated rings. The van der Waals surface area contributed by atoms with Gasteiger partial charge in [0, 0.05) is 19.6 Å². The average Bonchev–Trinajstić information content (AvgIpc) is 3.19. The van der Waals surface area contributed by atoms with E-state index in [1.54, 1.807) is 0 Å². The van der Waals surface area contributed by atoms with Crippen molar-refractivity contribution in [2.45, 2.75) is 251 Å². The first-order chi connectivity index (χ1) is 27.4. The fourth-order valence-electron chi connectivity index (χ4n) is 7.11. The maximum absolute atomic E-state index is 12.6. The summed E-state index contributed by atoms with van der Waals surface area (Å²) in [4.78, 5) is 22.5. The van der Waals surface area contributed by atoms with Crippen molar-refractivity contribution in [2.24, 2.45) is 5.73 Å². The minimum atomic E-state index is -4.27. The van der Waals surface area contributed by atoms with E-state index < -0.39 is 13.9 Å². The van der Waals surface area contributed by atoms with E-state index in [0.29, 0.717) is 13.0 Å². The van der Waals surface area contributed by atoms with E-state index in [4.69, 9.17) is 24.3 Å². The van der Waals surface area contributed by atoms with Gasteiger partial charge in [0.25, 0.3) is 0 Å². The van der Waals surface area contributed by atoms with Gasteiger partial charge in [0.1, 0.15) is 6.10 Å². The lowest BCUT2D eigenvalue weighted by molar-refractivity contribution is -0.154. The molecule has 0 heterocycles. The summed E-state index contributed by atoms with van der Waals surface area (Å²) in [6.07, 6.45) is 49.6. The number of rotatable bonds is 47. The maximum atomic E-state index is 12.6. The van der Waals surface area contributed by atoms with Crippen LogP contribution < -0.4 is 5.73 Å². The normalized spacial score (nSPS) is 13.4. The molecule has 0 radical (unpaired) electrons. The van der Waals surface area contributed by atoms with Crippen LogP contribution in [-0.2, 0) is 27.9 Å². The number of carbonyl (C=O) groups excluding carboxylic acids is 1. The summed E-state index contributed by atoms with van der Waals surface area (Å²) in [7, 11) is -4.27. The number of allylic oxidation sites excluding steroid dienone is 2. The highest BCUT2D eigenvalue weighted by molar-refractivity contribution is 7.47. The Bertz CT molecular complexity index is 873. The second-order valence-electron chi connectivity index (χ2n) is 16.3. The number of phosphoric acid groups is 1. The van der Waals surface area contributed by atoms with Crippen molar-refractivity contribution in [2.75, 3.05) is 33.0 Å². The highest BCUT2D eigenvalue weighted by Crippen LogP contribution is 2.43. The Hall–Kier alpha value is -0.760. The summed E-state index contributed by atoms with van der Waals surface area (Å²) >= 11 is 0. The molecule has 0 saturated heterocycles. The van der Waals surface area contributed by atoms with E-state index in [2.05, 4.69) is 26.0 Å². The molecule has 0 bridgehead atoms. The molecular weight excluding hydrogens is 721 g/mol. The molecule has 0 saturated carbocycles. The number of nitrogens with two attached hydrogens (primary N) is 1. The SMILES string of the molecule is CCCCCCCCCC/C=C\CCCCCCCCCCCCCCOCC(COP(=O)(O)OCCN)OC(=O)CCCCCCCCCCCCCCC. The van der Waals surface area contributed by atoms with Crippen LogP contribution >= 0.6 is 7.82 Å². The molecule has 0 aliphatic heterocycles. The van der Waals surface area contributed by atoms with Crippen molar-refractivity contribution in [3.8, 4) is 0 Å². The molecule has 0 aliphatic carbocycles. The first-order valence-electron chi connectivity index (χ1n) is 24.2. The Kier molecular flexibility index (Phi) is 44.7. The van der Waals surface area contributed by atoms with Crippen LogP contribution in [0, 0.1) is 0 Å². The zero-order valence-corrected chi connectivity index (χ0v) is 38.0. The smallest absolute Gasteiger partial charge is 0.457 e. The predicted octanol–water partition coefficient (Wildman–Crippen LogP) is 14.6. The second-order valence-corrected chi connectivity index (χ2v) is 17.8. The number of unbranched alkanes of at least 4 members (excludes halogenated alkanes) is 32. The second kappa shape index (κ2) is 45.3. The number of hydrogen-bond acceptors (Lipinski definition) is 7. The molecule has 0 aromatic rings. The monoisotopic (exact) mass is 816 g/mol. The third-order valence-corrected chi connectivity index (χ3v) is 11.7. The van der Waals surface area contributed by atoms with Crippen molar-refractivity contribution >= 4 is 13.8 Å².